The predicted molar refractivity (Wildman–Crippen MR) is 66.2 cm³/mol. The lowest BCUT2D eigenvalue weighted by Gasteiger charge is -1.99. The molecule has 0 aliphatic carbocycles. The zero-order chi connectivity index (χ0) is 12.1. The Kier molecular flexibility index (Phi) is 3.93. The van der Waals surface area contributed by atoms with Crippen molar-refractivity contribution in [2.45, 2.75) is 19.9 Å². The van der Waals surface area contributed by atoms with Gasteiger partial charge in [0.1, 0.15) is 0 Å². The smallest absolute Gasteiger partial charge is 0.341 e. The third-order valence-electron chi connectivity index (χ3n) is 2.31. The number of carbonyl (C=O) groups is 1. The van der Waals surface area contributed by atoms with Crippen LogP contribution in [0.5, 0.6) is 0 Å². The van der Waals surface area contributed by atoms with Gasteiger partial charge in [-0.2, -0.15) is 5.10 Å². The summed E-state index contributed by atoms with van der Waals surface area (Å²) in [6.45, 7) is 2.96. The Labute approximate surface area is 104 Å². The average molecular weight is 250 g/mol. The number of rotatable bonds is 5. The van der Waals surface area contributed by atoms with E-state index in [1.54, 1.807) is 35.3 Å². The van der Waals surface area contributed by atoms with Crippen molar-refractivity contribution in [3.05, 3.63) is 40.3 Å². The van der Waals surface area contributed by atoms with Gasteiger partial charge in [-0.3, -0.25) is 4.68 Å². The Bertz CT molecular complexity index is 476. The minimum absolute atomic E-state index is 0.310. The van der Waals surface area contributed by atoms with Crippen LogP contribution in [0.15, 0.2) is 29.9 Å². The fourth-order valence-electron chi connectivity index (χ4n) is 1.49. The van der Waals surface area contributed by atoms with E-state index in [4.69, 9.17) is 4.74 Å². The Morgan fingerprint density at radius 2 is 2.47 bits per heavy atom. The van der Waals surface area contributed by atoms with E-state index in [9.17, 15) is 4.79 Å². The average Bonchev–Trinajstić information content (AvgIpc) is 2.98. The molecule has 0 saturated carbocycles. The topological polar surface area (TPSA) is 44.1 Å². The first kappa shape index (κ1) is 11.9. The van der Waals surface area contributed by atoms with E-state index < -0.39 is 0 Å². The summed E-state index contributed by atoms with van der Waals surface area (Å²) in [6.07, 6.45) is 4.21. The lowest BCUT2D eigenvalue weighted by atomic mass is 10.3. The molecule has 0 unspecified atom stereocenters. The van der Waals surface area contributed by atoms with Gasteiger partial charge in [-0.25, -0.2) is 4.79 Å². The van der Waals surface area contributed by atoms with E-state index in [-0.39, 0.29) is 5.97 Å². The third-order valence-corrected chi connectivity index (χ3v) is 3.25. The molecule has 0 saturated heterocycles. The van der Waals surface area contributed by atoms with Crippen LogP contribution >= 0.6 is 11.3 Å². The van der Waals surface area contributed by atoms with Gasteiger partial charge >= 0.3 is 5.97 Å². The number of hydrogen-bond donors (Lipinski definition) is 0. The van der Waals surface area contributed by atoms with Crippen LogP contribution in [0, 0.1) is 0 Å². The molecule has 2 heterocycles. The SMILES string of the molecule is CCOC(=O)c1cnn(CCc2cccs2)c1. The third kappa shape index (κ3) is 3.17. The Morgan fingerprint density at radius 3 is 3.18 bits per heavy atom. The van der Waals surface area contributed by atoms with Crippen molar-refractivity contribution in [2.24, 2.45) is 0 Å². The zero-order valence-corrected chi connectivity index (χ0v) is 10.4. The summed E-state index contributed by atoms with van der Waals surface area (Å²) in [7, 11) is 0. The summed E-state index contributed by atoms with van der Waals surface area (Å²) in [4.78, 5) is 12.7. The maximum Gasteiger partial charge on any atom is 0.341 e. The van der Waals surface area contributed by atoms with Crippen LogP contribution in [-0.2, 0) is 17.7 Å². The maximum atomic E-state index is 11.4. The van der Waals surface area contributed by atoms with Crippen molar-refractivity contribution in [3.63, 3.8) is 0 Å². The quantitative estimate of drug-likeness (QED) is 0.765. The van der Waals surface area contributed by atoms with Gasteiger partial charge in [-0.15, -0.1) is 11.3 Å². The molecular formula is C12H14N2O2S. The molecule has 90 valence electrons. The minimum atomic E-state index is -0.310. The molecule has 0 atom stereocenters. The van der Waals surface area contributed by atoms with Gasteiger partial charge in [-0.05, 0) is 18.4 Å². The molecule has 2 rings (SSSR count). The molecule has 2 aromatic heterocycles. The second-order valence-electron chi connectivity index (χ2n) is 3.54. The number of nitrogens with zero attached hydrogens (tertiary/aromatic N) is 2. The summed E-state index contributed by atoms with van der Waals surface area (Å²) in [6, 6.07) is 4.13. The van der Waals surface area contributed by atoms with Crippen LogP contribution in [-0.4, -0.2) is 22.4 Å². The largest absolute Gasteiger partial charge is 0.462 e. The molecule has 0 spiro atoms. The van der Waals surface area contributed by atoms with Gasteiger partial charge in [-0.1, -0.05) is 6.07 Å². The number of aryl methyl sites for hydroxylation is 2. The lowest BCUT2D eigenvalue weighted by Crippen LogP contribution is -2.04. The number of carbonyl (C=O) groups excluding carboxylic acids is 1. The van der Waals surface area contributed by atoms with E-state index >= 15 is 0 Å². The van der Waals surface area contributed by atoms with E-state index in [0.29, 0.717) is 12.2 Å². The van der Waals surface area contributed by atoms with Gasteiger partial charge in [0.25, 0.3) is 0 Å². The van der Waals surface area contributed by atoms with Crippen LogP contribution in [0.3, 0.4) is 0 Å². The standard InChI is InChI=1S/C12H14N2O2S/c1-2-16-12(15)10-8-13-14(9-10)6-5-11-4-3-7-17-11/h3-4,7-9H,2,5-6H2,1H3. The van der Waals surface area contributed by atoms with Crippen molar-refractivity contribution in [3.8, 4) is 0 Å². The van der Waals surface area contributed by atoms with Gasteiger partial charge < -0.3 is 4.74 Å². The molecule has 5 heteroatoms. The highest BCUT2D eigenvalue weighted by atomic mass is 32.1. The highest BCUT2D eigenvalue weighted by Crippen LogP contribution is 2.10. The van der Waals surface area contributed by atoms with Gasteiger partial charge in [0.15, 0.2) is 0 Å². The number of hydrogen-bond acceptors (Lipinski definition) is 4. The second-order valence-corrected chi connectivity index (χ2v) is 4.57. The second kappa shape index (κ2) is 5.63. The fourth-order valence-corrected chi connectivity index (χ4v) is 2.18. The Morgan fingerprint density at radius 1 is 1.59 bits per heavy atom. The van der Waals surface area contributed by atoms with E-state index in [1.165, 1.54) is 4.88 Å². The molecule has 0 bridgehead atoms. The minimum Gasteiger partial charge on any atom is -0.462 e. The van der Waals surface area contributed by atoms with Crippen molar-refractivity contribution in [2.75, 3.05) is 6.61 Å². The van der Waals surface area contributed by atoms with E-state index in [2.05, 4.69) is 16.5 Å². The molecule has 17 heavy (non-hydrogen) atoms. The predicted octanol–water partition coefficient (Wildman–Crippen LogP) is 2.36. The van der Waals surface area contributed by atoms with Gasteiger partial charge in [0.05, 0.1) is 18.4 Å². The molecule has 4 nitrogen and oxygen atoms in total. The molecule has 0 aromatic carbocycles. The molecule has 0 aliphatic rings. The van der Waals surface area contributed by atoms with Crippen molar-refractivity contribution < 1.29 is 9.53 Å². The van der Waals surface area contributed by atoms with Crippen molar-refractivity contribution in [1.29, 1.82) is 0 Å². The molecular weight excluding hydrogens is 236 g/mol. The molecule has 0 radical (unpaired) electrons. The fraction of sp³-hybridized carbons (Fsp3) is 0.333. The number of ether oxygens (including phenoxy) is 1. The zero-order valence-electron chi connectivity index (χ0n) is 9.63. The monoisotopic (exact) mass is 250 g/mol. The highest BCUT2D eigenvalue weighted by Gasteiger charge is 2.08. The molecule has 2 aromatic rings. The van der Waals surface area contributed by atoms with Gasteiger partial charge in [0, 0.05) is 24.0 Å². The molecule has 0 aliphatic heterocycles. The van der Waals surface area contributed by atoms with Crippen LogP contribution in [0.2, 0.25) is 0 Å². The first-order chi connectivity index (χ1) is 8.29. The number of esters is 1. The summed E-state index contributed by atoms with van der Waals surface area (Å²) >= 11 is 1.73. The summed E-state index contributed by atoms with van der Waals surface area (Å²) in [5.74, 6) is -0.310. The summed E-state index contributed by atoms with van der Waals surface area (Å²) < 4.78 is 6.67. The maximum absolute atomic E-state index is 11.4. The van der Waals surface area contributed by atoms with E-state index in [0.717, 1.165) is 13.0 Å². The summed E-state index contributed by atoms with van der Waals surface area (Å²) in [5.41, 5.74) is 0.512. The first-order valence-corrected chi connectivity index (χ1v) is 6.39. The Balaban J connectivity index is 1.92. The molecule has 0 N–H and O–H groups in total. The van der Waals surface area contributed by atoms with Crippen molar-refractivity contribution >= 4 is 17.3 Å². The molecule has 0 fully saturated rings. The number of thiophene rings is 1. The first-order valence-electron chi connectivity index (χ1n) is 5.51. The lowest BCUT2D eigenvalue weighted by molar-refractivity contribution is 0.0526. The highest BCUT2D eigenvalue weighted by molar-refractivity contribution is 7.09. The Hall–Kier alpha value is -1.62. The molecule has 0 amide bonds. The van der Waals surface area contributed by atoms with Crippen LogP contribution in [0.1, 0.15) is 22.2 Å². The van der Waals surface area contributed by atoms with Crippen molar-refractivity contribution in [1.82, 2.24) is 9.78 Å². The van der Waals surface area contributed by atoms with Crippen LogP contribution in [0.4, 0.5) is 0 Å². The van der Waals surface area contributed by atoms with Crippen LogP contribution < -0.4 is 0 Å². The summed E-state index contributed by atoms with van der Waals surface area (Å²) in [5, 5.41) is 6.20. The normalized spacial score (nSPS) is 10.4. The number of aromatic nitrogens is 2. The van der Waals surface area contributed by atoms with Crippen LogP contribution in [0.25, 0.3) is 0 Å². The van der Waals surface area contributed by atoms with E-state index in [1.807, 2.05) is 6.07 Å². The van der Waals surface area contributed by atoms with Gasteiger partial charge in [0.2, 0.25) is 0 Å².